The summed E-state index contributed by atoms with van der Waals surface area (Å²) in [5.74, 6) is 0.172. The molecule has 1 rings (SSSR count). The van der Waals surface area contributed by atoms with Gasteiger partial charge in [0, 0.05) is 24.3 Å². The molecule has 1 N–H and O–H groups in total. The molecule has 5 nitrogen and oxygen atoms in total. The first kappa shape index (κ1) is 14.2. The molecule has 6 heteroatoms. The van der Waals surface area contributed by atoms with Crippen LogP contribution in [0.3, 0.4) is 0 Å². The fourth-order valence-corrected chi connectivity index (χ4v) is 3.06. The molecular formula is C11H21N3O2S. The van der Waals surface area contributed by atoms with Gasteiger partial charge < -0.3 is 0 Å². The highest BCUT2D eigenvalue weighted by atomic mass is 32.2. The van der Waals surface area contributed by atoms with Crippen LogP contribution in [0, 0.1) is 0 Å². The highest BCUT2D eigenvalue weighted by molar-refractivity contribution is 7.89. The maximum atomic E-state index is 11.7. The minimum absolute atomic E-state index is 0.172. The van der Waals surface area contributed by atoms with Crippen LogP contribution in [0.2, 0.25) is 0 Å². The molecular weight excluding hydrogens is 238 g/mol. The lowest BCUT2D eigenvalue weighted by Crippen LogP contribution is -2.30. The lowest BCUT2D eigenvalue weighted by atomic mass is 10.1. The number of nitrogens with zero attached hydrogens (tertiary/aromatic N) is 2. The Morgan fingerprint density at radius 1 is 1.41 bits per heavy atom. The van der Waals surface area contributed by atoms with Crippen LogP contribution in [0.5, 0.6) is 0 Å². The maximum Gasteiger partial charge on any atom is 0.212 e. The van der Waals surface area contributed by atoms with E-state index in [1.165, 1.54) is 0 Å². The largest absolute Gasteiger partial charge is 0.273 e. The molecule has 98 valence electrons. The first-order valence-corrected chi connectivity index (χ1v) is 7.70. The van der Waals surface area contributed by atoms with E-state index in [1.54, 1.807) is 10.9 Å². The van der Waals surface area contributed by atoms with Crippen LogP contribution in [-0.2, 0) is 16.6 Å². The Morgan fingerprint density at radius 3 is 2.59 bits per heavy atom. The van der Waals surface area contributed by atoms with Gasteiger partial charge >= 0.3 is 0 Å². The summed E-state index contributed by atoms with van der Waals surface area (Å²) < 4.78 is 27.9. The van der Waals surface area contributed by atoms with E-state index >= 15 is 0 Å². The van der Waals surface area contributed by atoms with Gasteiger partial charge in [0.15, 0.2) is 0 Å². The predicted octanol–water partition coefficient (Wildman–Crippen LogP) is 1.68. The number of hydrogen-bond donors (Lipinski definition) is 1. The molecule has 0 aromatic carbocycles. The molecule has 0 aliphatic carbocycles. The second-order valence-electron chi connectivity index (χ2n) is 4.03. The minimum Gasteiger partial charge on any atom is -0.273 e. The highest BCUT2D eigenvalue weighted by Crippen LogP contribution is 2.17. The molecule has 17 heavy (non-hydrogen) atoms. The van der Waals surface area contributed by atoms with E-state index in [0.29, 0.717) is 6.42 Å². The summed E-state index contributed by atoms with van der Waals surface area (Å²) in [6.45, 7) is 6.61. The average Bonchev–Trinajstić information content (AvgIpc) is 2.74. The molecule has 0 spiro atoms. The van der Waals surface area contributed by atoms with Crippen LogP contribution in [-0.4, -0.2) is 24.0 Å². The van der Waals surface area contributed by atoms with Crippen molar-refractivity contribution in [3.63, 3.8) is 0 Å². The van der Waals surface area contributed by atoms with Crippen LogP contribution in [0.25, 0.3) is 0 Å². The van der Waals surface area contributed by atoms with Crippen LogP contribution < -0.4 is 4.72 Å². The predicted molar refractivity (Wildman–Crippen MR) is 68.1 cm³/mol. The number of nitrogens with one attached hydrogen (secondary N) is 1. The first-order chi connectivity index (χ1) is 8.02. The molecule has 1 heterocycles. The number of hydrogen-bond acceptors (Lipinski definition) is 3. The third-order valence-corrected chi connectivity index (χ3v) is 4.17. The van der Waals surface area contributed by atoms with E-state index in [-0.39, 0.29) is 11.8 Å². The van der Waals surface area contributed by atoms with E-state index in [2.05, 4.69) is 9.82 Å². The molecule has 1 aromatic rings. The zero-order chi connectivity index (χ0) is 12.9. The smallest absolute Gasteiger partial charge is 0.212 e. The second kappa shape index (κ2) is 6.16. The average molecular weight is 259 g/mol. The van der Waals surface area contributed by atoms with Crippen LogP contribution >= 0.6 is 0 Å². The van der Waals surface area contributed by atoms with Gasteiger partial charge in [-0.15, -0.1) is 0 Å². The minimum atomic E-state index is -3.18. The molecule has 1 atom stereocenters. The van der Waals surface area contributed by atoms with Gasteiger partial charge in [-0.25, -0.2) is 13.1 Å². The first-order valence-electron chi connectivity index (χ1n) is 6.04. The van der Waals surface area contributed by atoms with E-state index in [0.717, 1.165) is 18.5 Å². The van der Waals surface area contributed by atoms with Gasteiger partial charge in [-0.3, -0.25) is 4.68 Å². The standard InChI is InChI=1S/C11H21N3O2S/c1-4-7-17(15,16)13-11(5-2)10-8-12-14(6-3)9-10/h8-9,11,13H,4-7H2,1-3H3/t11-/m1/s1. The quantitative estimate of drug-likeness (QED) is 0.810. The summed E-state index contributed by atoms with van der Waals surface area (Å²) in [7, 11) is -3.18. The number of aryl methyl sites for hydroxylation is 1. The summed E-state index contributed by atoms with van der Waals surface area (Å²) >= 11 is 0. The van der Waals surface area contributed by atoms with Crippen molar-refractivity contribution in [2.75, 3.05) is 5.75 Å². The summed E-state index contributed by atoms with van der Waals surface area (Å²) in [5.41, 5.74) is 0.925. The Bertz CT molecular complexity index is 439. The summed E-state index contributed by atoms with van der Waals surface area (Å²) in [4.78, 5) is 0. The summed E-state index contributed by atoms with van der Waals surface area (Å²) in [5, 5.41) is 4.16. The fraction of sp³-hybridized carbons (Fsp3) is 0.727. The molecule has 0 amide bonds. The zero-order valence-corrected chi connectivity index (χ0v) is 11.5. The van der Waals surface area contributed by atoms with E-state index in [1.807, 2.05) is 27.0 Å². The molecule has 0 aliphatic heterocycles. The van der Waals surface area contributed by atoms with Crippen molar-refractivity contribution in [2.24, 2.45) is 0 Å². The van der Waals surface area contributed by atoms with Gasteiger partial charge in [-0.1, -0.05) is 13.8 Å². The molecule has 0 saturated heterocycles. The SMILES string of the molecule is CCCS(=O)(=O)N[C@H](CC)c1cnn(CC)c1. The van der Waals surface area contributed by atoms with Crippen molar-refractivity contribution in [1.82, 2.24) is 14.5 Å². The third-order valence-electron chi connectivity index (χ3n) is 2.58. The van der Waals surface area contributed by atoms with Crippen molar-refractivity contribution in [1.29, 1.82) is 0 Å². The summed E-state index contributed by atoms with van der Waals surface area (Å²) in [6.07, 6.45) is 4.97. The Labute approximate surface area is 103 Å². The number of rotatable bonds is 7. The summed E-state index contributed by atoms with van der Waals surface area (Å²) in [6, 6.07) is -0.174. The van der Waals surface area contributed by atoms with Crippen molar-refractivity contribution >= 4 is 10.0 Å². The molecule has 0 aliphatic rings. The molecule has 1 aromatic heterocycles. The maximum absolute atomic E-state index is 11.7. The monoisotopic (exact) mass is 259 g/mol. The number of sulfonamides is 1. The molecule has 0 fully saturated rings. The van der Waals surface area contributed by atoms with Gasteiger partial charge in [0.05, 0.1) is 11.9 Å². The van der Waals surface area contributed by atoms with Gasteiger partial charge in [0.25, 0.3) is 0 Å². The Morgan fingerprint density at radius 2 is 2.12 bits per heavy atom. The lowest BCUT2D eigenvalue weighted by molar-refractivity contribution is 0.548. The lowest BCUT2D eigenvalue weighted by Gasteiger charge is -2.15. The van der Waals surface area contributed by atoms with Crippen LogP contribution in [0.4, 0.5) is 0 Å². The van der Waals surface area contributed by atoms with Gasteiger partial charge in [-0.2, -0.15) is 5.10 Å². The normalized spacial score (nSPS) is 13.8. The van der Waals surface area contributed by atoms with Gasteiger partial charge in [0.2, 0.25) is 10.0 Å². The van der Waals surface area contributed by atoms with Crippen LogP contribution in [0.15, 0.2) is 12.4 Å². The Hall–Kier alpha value is -0.880. The van der Waals surface area contributed by atoms with E-state index in [9.17, 15) is 8.42 Å². The van der Waals surface area contributed by atoms with Crippen molar-refractivity contribution in [2.45, 2.75) is 46.2 Å². The Kier molecular flexibility index (Phi) is 5.14. The molecule has 0 bridgehead atoms. The van der Waals surface area contributed by atoms with Crippen molar-refractivity contribution < 1.29 is 8.42 Å². The van der Waals surface area contributed by atoms with Crippen LogP contribution in [0.1, 0.15) is 45.2 Å². The Balaban J connectivity index is 2.78. The fourth-order valence-electron chi connectivity index (χ4n) is 1.66. The molecule has 0 saturated carbocycles. The van der Waals surface area contributed by atoms with Gasteiger partial charge in [0.1, 0.15) is 0 Å². The second-order valence-corrected chi connectivity index (χ2v) is 5.90. The molecule has 0 radical (unpaired) electrons. The molecule has 0 unspecified atom stereocenters. The third kappa shape index (κ3) is 4.12. The highest BCUT2D eigenvalue weighted by Gasteiger charge is 2.18. The van der Waals surface area contributed by atoms with Crippen molar-refractivity contribution in [3.05, 3.63) is 18.0 Å². The van der Waals surface area contributed by atoms with Crippen molar-refractivity contribution in [3.8, 4) is 0 Å². The van der Waals surface area contributed by atoms with E-state index in [4.69, 9.17) is 0 Å². The van der Waals surface area contributed by atoms with E-state index < -0.39 is 10.0 Å². The topological polar surface area (TPSA) is 64.0 Å². The number of aromatic nitrogens is 2. The zero-order valence-electron chi connectivity index (χ0n) is 10.7. The van der Waals surface area contributed by atoms with Gasteiger partial charge in [-0.05, 0) is 19.8 Å².